The van der Waals surface area contributed by atoms with E-state index in [-0.39, 0.29) is 19.4 Å². The number of aryl methyl sites for hydroxylation is 1. The molecule has 1 aromatic carbocycles. The van der Waals surface area contributed by atoms with Gasteiger partial charge in [-0.2, -0.15) is 0 Å². The molecule has 4 aromatic rings. The van der Waals surface area contributed by atoms with Gasteiger partial charge in [0.2, 0.25) is 5.82 Å². The number of hydrogen-bond acceptors (Lipinski definition) is 5. The van der Waals surface area contributed by atoms with Gasteiger partial charge in [0.05, 0.1) is 24.6 Å². The van der Waals surface area contributed by atoms with E-state index in [1.807, 2.05) is 18.2 Å². The highest BCUT2D eigenvalue weighted by Crippen LogP contribution is 2.45. The number of nitrogens with zero attached hydrogens (tertiary/aromatic N) is 6. The number of anilines is 1. The molecule has 2 aliphatic heterocycles. The van der Waals surface area contributed by atoms with E-state index in [2.05, 4.69) is 28.6 Å². The second-order valence-electron chi connectivity index (χ2n) is 9.75. The third-order valence-corrected chi connectivity index (χ3v) is 7.27. The van der Waals surface area contributed by atoms with Crippen LogP contribution in [-0.4, -0.2) is 43.3 Å². The number of imidazole rings is 1. The van der Waals surface area contributed by atoms with Crippen LogP contribution in [0, 0.1) is 6.92 Å². The monoisotopic (exact) mass is 554 g/mol. The highest BCUT2D eigenvalue weighted by atomic mass is 35.5. The molecule has 5 heterocycles. The van der Waals surface area contributed by atoms with Gasteiger partial charge in [0.25, 0.3) is 12.3 Å². The fraction of sp³-hybridized carbons (Fsp3) is 0.357. The molecule has 39 heavy (non-hydrogen) atoms. The van der Waals surface area contributed by atoms with Crippen molar-refractivity contribution in [1.29, 1.82) is 0 Å². The molecule has 0 saturated heterocycles. The van der Waals surface area contributed by atoms with Gasteiger partial charge in [-0.05, 0) is 62.1 Å². The number of amides is 1. The minimum atomic E-state index is -2.82. The number of carbonyl (C=O) groups is 1. The molecule has 204 valence electrons. The topological polar surface area (TPSA) is 77.6 Å². The molecule has 0 fully saturated rings. The number of benzene rings is 1. The van der Waals surface area contributed by atoms with Crippen molar-refractivity contribution >= 4 is 34.4 Å². The van der Waals surface area contributed by atoms with Gasteiger partial charge >= 0.3 is 0 Å². The molecule has 2 aliphatic rings. The van der Waals surface area contributed by atoms with E-state index in [9.17, 15) is 13.6 Å². The van der Waals surface area contributed by atoms with Crippen LogP contribution in [0.25, 0.3) is 11.2 Å². The standard InChI is InChI=1S/C27H25ClF2N6O2.CH4/c1-14(2)35-22-20(31-25(35)17-8-10-38-11-9-17)27(37)36(21(22)16-4-6-18(28)7-5-16)19-12-15(3)24-32-33-26(23(29)30)34(24)13-19;/h4-8,12-14,21,23H,9-11H2,1-3H3;1H4. The quantitative estimate of drug-likeness (QED) is 0.278. The molecule has 1 unspecified atom stereocenters. The molecular formula is C28H29ClF2N6O2. The lowest BCUT2D eigenvalue weighted by molar-refractivity contribution is 0.0989. The van der Waals surface area contributed by atoms with Crippen LogP contribution in [0.15, 0.2) is 42.6 Å². The van der Waals surface area contributed by atoms with E-state index in [1.54, 1.807) is 30.0 Å². The minimum Gasteiger partial charge on any atom is -0.377 e. The van der Waals surface area contributed by atoms with Gasteiger partial charge in [-0.15, -0.1) is 10.2 Å². The molecule has 0 N–H and O–H groups in total. The van der Waals surface area contributed by atoms with Crippen LogP contribution in [0.5, 0.6) is 0 Å². The van der Waals surface area contributed by atoms with Crippen molar-refractivity contribution in [3.63, 3.8) is 0 Å². The summed E-state index contributed by atoms with van der Waals surface area (Å²) in [4.78, 5) is 20.6. The first-order valence-electron chi connectivity index (χ1n) is 12.4. The highest BCUT2D eigenvalue weighted by molar-refractivity contribution is 6.30. The minimum absolute atomic E-state index is 0. The van der Waals surface area contributed by atoms with Crippen LogP contribution in [-0.2, 0) is 4.74 Å². The summed E-state index contributed by atoms with van der Waals surface area (Å²) >= 11 is 6.20. The van der Waals surface area contributed by atoms with Crippen molar-refractivity contribution in [1.82, 2.24) is 24.1 Å². The van der Waals surface area contributed by atoms with Crippen molar-refractivity contribution in [2.45, 2.75) is 53.1 Å². The molecule has 0 saturated carbocycles. The Balaban J connectivity index is 0.00000308. The van der Waals surface area contributed by atoms with Gasteiger partial charge in [-0.3, -0.25) is 14.1 Å². The van der Waals surface area contributed by atoms with Crippen molar-refractivity contribution in [3.05, 3.63) is 81.8 Å². The number of carbonyl (C=O) groups excluding carboxylic acids is 1. The van der Waals surface area contributed by atoms with Crippen molar-refractivity contribution < 1.29 is 18.3 Å². The third-order valence-electron chi connectivity index (χ3n) is 7.01. The molecule has 6 rings (SSSR count). The second-order valence-corrected chi connectivity index (χ2v) is 10.2. The number of alkyl halides is 2. The molecule has 1 atom stereocenters. The fourth-order valence-electron chi connectivity index (χ4n) is 5.35. The Kier molecular flexibility index (Phi) is 7.02. The Hall–Kier alpha value is -3.63. The lowest BCUT2D eigenvalue weighted by atomic mass is 10.0. The predicted molar refractivity (Wildman–Crippen MR) is 146 cm³/mol. The zero-order chi connectivity index (χ0) is 26.7. The molecule has 0 spiro atoms. The maximum atomic E-state index is 14.1. The predicted octanol–water partition coefficient (Wildman–Crippen LogP) is 6.60. The Morgan fingerprint density at radius 3 is 2.54 bits per heavy atom. The Bertz CT molecular complexity index is 1590. The van der Waals surface area contributed by atoms with Gasteiger partial charge in [0.15, 0.2) is 11.3 Å². The maximum Gasteiger partial charge on any atom is 0.297 e. The second kappa shape index (κ2) is 10.2. The van der Waals surface area contributed by atoms with E-state index >= 15 is 0 Å². The highest BCUT2D eigenvalue weighted by Gasteiger charge is 2.45. The number of rotatable bonds is 5. The largest absolute Gasteiger partial charge is 0.377 e. The summed E-state index contributed by atoms with van der Waals surface area (Å²) in [6.45, 7) is 6.96. The van der Waals surface area contributed by atoms with E-state index < -0.39 is 18.3 Å². The van der Waals surface area contributed by atoms with Crippen molar-refractivity contribution in [3.8, 4) is 0 Å². The molecule has 3 aromatic heterocycles. The Labute approximate surface area is 229 Å². The van der Waals surface area contributed by atoms with Crippen molar-refractivity contribution in [2.24, 2.45) is 0 Å². The summed E-state index contributed by atoms with van der Waals surface area (Å²) in [5.41, 5.74) is 4.34. The van der Waals surface area contributed by atoms with Crippen LogP contribution in [0.1, 0.15) is 85.2 Å². The number of pyridine rings is 1. The van der Waals surface area contributed by atoms with Gasteiger partial charge in [0.1, 0.15) is 11.9 Å². The van der Waals surface area contributed by atoms with E-state index in [0.717, 1.165) is 22.7 Å². The number of halogens is 3. The summed E-state index contributed by atoms with van der Waals surface area (Å²) in [6.07, 6.45) is 1.39. The number of ether oxygens (including phenoxy) is 1. The van der Waals surface area contributed by atoms with Crippen LogP contribution in [0.4, 0.5) is 14.5 Å². The Morgan fingerprint density at radius 2 is 1.90 bits per heavy atom. The first kappa shape index (κ1) is 27.0. The summed E-state index contributed by atoms with van der Waals surface area (Å²) in [5, 5.41) is 8.16. The van der Waals surface area contributed by atoms with Crippen LogP contribution >= 0.6 is 11.6 Å². The summed E-state index contributed by atoms with van der Waals surface area (Å²) in [5.74, 6) is -0.0277. The fourth-order valence-corrected chi connectivity index (χ4v) is 5.48. The summed E-state index contributed by atoms with van der Waals surface area (Å²) < 4.78 is 36.3. The van der Waals surface area contributed by atoms with E-state index in [0.29, 0.717) is 47.2 Å². The summed E-state index contributed by atoms with van der Waals surface area (Å²) in [7, 11) is 0. The molecule has 1 amide bonds. The molecule has 0 bridgehead atoms. The first-order valence-corrected chi connectivity index (χ1v) is 12.8. The van der Waals surface area contributed by atoms with E-state index in [1.165, 1.54) is 10.6 Å². The molecule has 8 nitrogen and oxygen atoms in total. The van der Waals surface area contributed by atoms with Gasteiger partial charge < -0.3 is 9.30 Å². The van der Waals surface area contributed by atoms with Gasteiger partial charge in [0, 0.05) is 17.3 Å². The van der Waals surface area contributed by atoms with Crippen LogP contribution in [0.3, 0.4) is 0 Å². The zero-order valence-corrected chi connectivity index (χ0v) is 21.8. The average Bonchev–Trinajstić information content (AvgIpc) is 3.57. The lowest BCUT2D eigenvalue weighted by Crippen LogP contribution is -2.31. The number of hydrogen-bond donors (Lipinski definition) is 0. The molecular weight excluding hydrogens is 526 g/mol. The van der Waals surface area contributed by atoms with Gasteiger partial charge in [-0.25, -0.2) is 13.8 Å². The smallest absolute Gasteiger partial charge is 0.297 e. The number of aromatic nitrogens is 5. The molecule has 11 heteroatoms. The lowest BCUT2D eigenvalue weighted by Gasteiger charge is -2.29. The molecule has 0 aliphatic carbocycles. The maximum absolute atomic E-state index is 14.1. The SMILES string of the molecule is C.Cc1cc(N2C(=O)c3nc(C4=CCOCC4)n(C(C)C)c3C2c2ccc(Cl)cc2)cn2c(C(F)F)nnc12. The van der Waals surface area contributed by atoms with Gasteiger partial charge in [-0.1, -0.05) is 37.2 Å². The van der Waals surface area contributed by atoms with Crippen molar-refractivity contribution in [2.75, 3.05) is 18.1 Å². The van der Waals surface area contributed by atoms with E-state index in [4.69, 9.17) is 21.3 Å². The summed E-state index contributed by atoms with van der Waals surface area (Å²) in [6, 6.07) is 8.53. The van der Waals surface area contributed by atoms with Crippen LogP contribution in [0.2, 0.25) is 5.02 Å². The average molecular weight is 555 g/mol. The third kappa shape index (κ3) is 4.31. The Morgan fingerprint density at radius 1 is 1.15 bits per heavy atom. The first-order chi connectivity index (χ1) is 18.3. The zero-order valence-electron chi connectivity index (χ0n) is 21.0. The number of fused-ring (bicyclic) bond motifs is 2. The molecule has 0 radical (unpaired) electrons. The normalized spacial score (nSPS) is 17.2. The van der Waals surface area contributed by atoms with Crippen LogP contribution < -0.4 is 4.90 Å².